The molecule has 2 heterocycles. The van der Waals surface area contributed by atoms with Crippen molar-refractivity contribution in [3.63, 3.8) is 0 Å². The number of carboxylic acids is 1. The van der Waals surface area contributed by atoms with Gasteiger partial charge in [0, 0.05) is 13.2 Å². The number of carbonyl (C=O) groups excluding carboxylic acids is 1. The van der Waals surface area contributed by atoms with Crippen LogP contribution in [0.2, 0.25) is 0 Å². The van der Waals surface area contributed by atoms with E-state index in [4.69, 9.17) is 14.2 Å². The van der Waals surface area contributed by atoms with Crippen molar-refractivity contribution >= 4 is 11.9 Å². The van der Waals surface area contributed by atoms with Crippen LogP contribution >= 0.6 is 0 Å². The Balaban J connectivity index is 1.70. The number of hydrogen-bond donors (Lipinski definition) is 2. The van der Waals surface area contributed by atoms with Gasteiger partial charge in [0.05, 0.1) is 25.0 Å². The second-order valence-electron chi connectivity index (χ2n) is 6.64. The van der Waals surface area contributed by atoms with E-state index in [9.17, 15) is 14.7 Å². The van der Waals surface area contributed by atoms with Crippen molar-refractivity contribution in [3.8, 4) is 11.5 Å². The quantitative estimate of drug-likeness (QED) is 0.834. The summed E-state index contributed by atoms with van der Waals surface area (Å²) in [7, 11) is 1.59. The number of rotatable bonds is 5. The maximum absolute atomic E-state index is 12.8. The minimum Gasteiger partial charge on any atom is -0.497 e. The largest absolute Gasteiger partial charge is 0.497 e. The van der Waals surface area contributed by atoms with Crippen LogP contribution in [0.4, 0.5) is 0 Å². The molecule has 0 radical (unpaired) electrons. The van der Waals surface area contributed by atoms with Crippen LogP contribution in [0.25, 0.3) is 0 Å². The molecule has 7 heteroatoms. The van der Waals surface area contributed by atoms with Crippen LogP contribution in [-0.2, 0) is 20.7 Å². The molecule has 0 saturated carbocycles. The summed E-state index contributed by atoms with van der Waals surface area (Å²) in [5.74, 6) is 0.0354. The molecule has 2 N–H and O–H groups in total. The molecule has 3 rings (SSSR count). The standard InChI is InChI=1S/C18H23NO6/c1-23-14-2-3-15-12(9-14)8-13(11-25-15)17(22)19-18(10-16(20)21)4-6-24-7-5-18/h2-3,9,13H,4-8,10-11H2,1H3,(H,19,22)(H,20,21). The van der Waals surface area contributed by atoms with E-state index < -0.39 is 11.5 Å². The highest BCUT2D eigenvalue weighted by molar-refractivity contribution is 5.81. The zero-order valence-electron chi connectivity index (χ0n) is 14.2. The number of nitrogens with one attached hydrogen (secondary N) is 1. The molecule has 1 saturated heterocycles. The van der Waals surface area contributed by atoms with Gasteiger partial charge in [-0.25, -0.2) is 0 Å². The molecule has 7 nitrogen and oxygen atoms in total. The van der Waals surface area contributed by atoms with Crippen molar-refractivity contribution < 1.29 is 28.9 Å². The topological polar surface area (TPSA) is 94.1 Å². The lowest BCUT2D eigenvalue weighted by atomic mass is 9.85. The monoisotopic (exact) mass is 349 g/mol. The van der Waals surface area contributed by atoms with Crippen molar-refractivity contribution in [2.24, 2.45) is 5.92 Å². The van der Waals surface area contributed by atoms with Crippen LogP contribution in [0.15, 0.2) is 18.2 Å². The van der Waals surface area contributed by atoms with Crippen LogP contribution in [0.1, 0.15) is 24.8 Å². The highest BCUT2D eigenvalue weighted by atomic mass is 16.5. The third kappa shape index (κ3) is 4.04. The van der Waals surface area contributed by atoms with Gasteiger partial charge in [0.15, 0.2) is 0 Å². The Labute approximate surface area is 146 Å². The lowest BCUT2D eigenvalue weighted by Crippen LogP contribution is -2.55. The average Bonchev–Trinajstić information content (AvgIpc) is 2.60. The fraction of sp³-hybridized carbons (Fsp3) is 0.556. The Hall–Kier alpha value is -2.28. The van der Waals surface area contributed by atoms with Gasteiger partial charge in [0.2, 0.25) is 5.91 Å². The Morgan fingerprint density at radius 2 is 2.12 bits per heavy atom. The number of carbonyl (C=O) groups is 2. The highest BCUT2D eigenvalue weighted by Crippen LogP contribution is 2.32. The first-order valence-electron chi connectivity index (χ1n) is 8.43. The van der Waals surface area contributed by atoms with Gasteiger partial charge in [0.25, 0.3) is 0 Å². The summed E-state index contributed by atoms with van der Waals surface area (Å²) >= 11 is 0. The first-order valence-corrected chi connectivity index (χ1v) is 8.43. The number of hydrogen-bond acceptors (Lipinski definition) is 5. The smallest absolute Gasteiger partial charge is 0.305 e. The van der Waals surface area contributed by atoms with Crippen molar-refractivity contribution in [1.29, 1.82) is 0 Å². The molecular formula is C18H23NO6. The predicted octanol–water partition coefficient (Wildman–Crippen LogP) is 1.39. The number of benzene rings is 1. The summed E-state index contributed by atoms with van der Waals surface area (Å²) in [6, 6.07) is 5.53. The molecule has 0 aliphatic carbocycles. The van der Waals surface area contributed by atoms with E-state index in [1.807, 2.05) is 18.2 Å². The minimum atomic E-state index is -0.919. The fourth-order valence-corrected chi connectivity index (χ4v) is 3.43. The van der Waals surface area contributed by atoms with Crippen LogP contribution in [-0.4, -0.2) is 49.5 Å². The van der Waals surface area contributed by atoms with Crippen LogP contribution in [0.5, 0.6) is 11.5 Å². The van der Waals surface area contributed by atoms with Crippen LogP contribution < -0.4 is 14.8 Å². The molecule has 2 aliphatic rings. The van der Waals surface area contributed by atoms with Crippen molar-refractivity contribution in [3.05, 3.63) is 23.8 Å². The lowest BCUT2D eigenvalue weighted by molar-refractivity contribution is -0.141. The molecule has 0 aromatic heterocycles. The Morgan fingerprint density at radius 3 is 2.80 bits per heavy atom. The van der Waals surface area contributed by atoms with E-state index in [-0.39, 0.29) is 24.9 Å². The molecule has 2 aliphatic heterocycles. The highest BCUT2D eigenvalue weighted by Gasteiger charge is 2.38. The molecule has 25 heavy (non-hydrogen) atoms. The van der Waals surface area contributed by atoms with Crippen LogP contribution in [0.3, 0.4) is 0 Å². The Morgan fingerprint density at radius 1 is 1.36 bits per heavy atom. The summed E-state index contributed by atoms with van der Waals surface area (Å²) in [5, 5.41) is 12.2. The van der Waals surface area contributed by atoms with Crippen molar-refractivity contribution in [1.82, 2.24) is 5.32 Å². The Bertz CT molecular complexity index is 653. The normalized spacial score (nSPS) is 21.6. The van der Waals surface area contributed by atoms with E-state index in [1.165, 1.54) is 0 Å². The molecule has 136 valence electrons. The summed E-state index contributed by atoms with van der Waals surface area (Å²) in [5.41, 5.74) is 0.181. The van der Waals surface area contributed by atoms with Crippen molar-refractivity contribution in [2.75, 3.05) is 26.9 Å². The maximum atomic E-state index is 12.8. The Kier molecular flexibility index (Phi) is 5.13. The third-order valence-corrected chi connectivity index (χ3v) is 4.87. The van der Waals surface area contributed by atoms with Gasteiger partial charge >= 0.3 is 5.97 Å². The van der Waals surface area contributed by atoms with Gasteiger partial charge in [-0.2, -0.15) is 0 Å². The molecule has 0 bridgehead atoms. The van der Waals surface area contributed by atoms with Gasteiger partial charge < -0.3 is 24.6 Å². The van der Waals surface area contributed by atoms with Gasteiger partial charge in [-0.1, -0.05) is 0 Å². The predicted molar refractivity (Wildman–Crippen MR) is 88.9 cm³/mol. The van der Waals surface area contributed by atoms with Crippen LogP contribution in [0, 0.1) is 5.92 Å². The molecule has 1 atom stereocenters. The SMILES string of the molecule is COc1ccc2c(c1)CC(C(=O)NC1(CC(=O)O)CCOCC1)CO2. The molecule has 1 unspecified atom stereocenters. The number of methoxy groups -OCH3 is 1. The van der Waals surface area contributed by atoms with Gasteiger partial charge in [0.1, 0.15) is 18.1 Å². The summed E-state index contributed by atoms with van der Waals surface area (Å²) < 4.78 is 16.2. The van der Waals surface area contributed by atoms with Crippen molar-refractivity contribution in [2.45, 2.75) is 31.2 Å². The lowest BCUT2D eigenvalue weighted by Gasteiger charge is -2.38. The molecule has 1 amide bonds. The molecular weight excluding hydrogens is 326 g/mol. The van der Waals surface area contributed by atoms with E-state index in [1.54, 1.807) is 7.11 Å². The van der Waals surface area contributed by atoms with E-state index >= 15 is 0 Å². The van der Waals surface area contributed by atoms with E-state index in [0.717, 1.165) is 17.1 Å². The second-order valence-corrected chi connectivity index (χ2v) is 6.64. The number of carboxylic acid groups (broad SMARTS) is 1. The maximum Gasteiger partial charge on any atom is 0.305 e. The number of aliphatic carboxylic acids is 1. The average molecular weight is 349 g/mol. The first-order chi connectivity index (χ1) is 12.0. The summed E-state index contributed by atoms with van der Waals surface area (Å²) in [4.78, 5) is 24.0. The number of fused-ring (bicyclic) bond motifs is 1. The first kappa shape index (κ1) is 17.5. The third-order valence-electron chi connectivity index (χ3n) is 4.87. The number of ether oxygens (including phenoxy) is 3. The minimum absolute atomic E-state index is 0.0971. The zero-order chi connectivity index (χ0) is 17.9. The molecule has 0 spiro atoms. The zero-order valence-corrected chi connectivity index (χ0v) is 14.2. The second kappa shape index (κ2) is 7.31. The fourth-order valence-electron chi connectivity index (χ4n) is 3.43. The summed E-state index contributed by atoms with van der Waals surface area (Å²) in [6.07, 6.45) is 1.45. The number of amides is 1. The van der Waals surface area contributed by atoms with E-state index in [0.29, 0.717) is 32.5 Å². The van der Waals surface area contributed by atoms with Gasteiger partial charge in [-0.15, -0.1) is 0 Å². The van der Waals surface area contributed by atoms with Gasteiger partial charge in [-0.05, 0) is 43.0 Å². The molecule has 1 aromatic rings. The van der Waals surface area contributed by atoms with E-state index in [2.05, 4.69) is 5.32 Å². The summed E-state index contributed by atoms with van der Waals surface area (Å²) in [6.45, 7) is 1.19. The molecule has 1 fully saturated rings. The molecule has 1 aromatic carbocycles. The van der Waals surface area contributed by atoms with Gasteiger partial charge in [-0.3, -0.25) is 9.59 Å².